The van der Waals surface area contributed by atoms with E-state index in [0.717, 1.165) is 17.1 Å². The van der Waals surface area contributed by atoms with Gasteiger partial charge in [-0.2, -0.15) is 0 Å². The molecule has 0 radical (unpaired) electrons. The predicted octanol–water partition coefficient (Wildman–Crippen LogP) is 4.26. The smallest absolute Gasteiger partial charge is 0.130 e. The van der Waals surface area contributed by atoms with Gasteiger partial charge in [0.2, 0.25) is 0 Å². The van der Waals surface area contributed by atoms with Crippen molar-refractivity contribution in [2.45, 2.75) is 19.9 Å². The molecule has 2 aromatic rings. The Morgan fingerprint density at radius 2 is 2.00 bits per heavy atom. The van der Waals surface area contributed by atoms with Crippen molar-refractivity contribution in [3.63, 3.8) is 0 Å². The topological polar surface area (TPSA) is 37.8 Å². The van der Waals surface area contributed by atoms with E-state index in [1.165, 1.54) is 6.33 Å². The molecule has 0 saturated carbocycles. The predicted molar refractivity (Wildman–Crippen MR) is 75.3 cm³/mol. The van der Waals surface area contributed by atoms with Crippen molar-refractivity contribution in [2.24, 2.45) is 0 Å². The summed E-state index contributed by atoms with van der Waals surface area (Å²) in [5, 5.41) is 4.40. The second kappa shape index (κ2) is 5.55. The van der Waals surface area contributed by atoms with Crippen LogP contribution >= 0.6 is 23.2 Å². The Morgan fingerprint density at radius 1 is 1.22 bits per heavy atom. The maximum Gasteiger partial charge on any atom is 0.130 e. The van der Waals surface area contributed by atoms with Crippen LogP contribution in [-0.2, 0) is 0 Å². The van der Waals surface area contributed by atoms with Crippen molar-refractivity contribution in [3.8, 4) is 0 Å². The van der Waals surface area contributed by atoms with Crippen LogP contribution in [0.4, 0.5) is 5.82 Å². The van der Waals surface area contributed by atoms with Crippen LogP contribution in [0.15, 0.2) is 30.6 Å². The molecular weight excluding hydrogens is 269 g/mol. The van der Waals surface area contributed by atoms with E-state index in [0.29, 0.717) is 10.0 Å². The van der Waals surface area contributed by atoms with Crippen LogP contribution in [0.5, 0.6) is 0 Å². The lowest BCUT2D eigenvalue weighted by Gasteiger charge is -2.16. The molecule has 0 aliphatic rings. The van der Waals surface area contributed by atoms with E-state index in [1.807, 2.05) is 32.0 Å². The fraction of sp³-hybridized carbons (Fsp3) is 0.231. The summed E-state index contributed by atoms with van der Waals surface area (Å²) < 4.78 is 0. The van der Waals surface area contributed by atoms with Crippen molar-refractivity contribution in [1.29, 1.82) is 0 Å². The van der Waals surface area contributed by atoms with Gasteiger partial charge in [0.15, 0.2) is 0 Å². The first-order valence-corrected chi connectivity index (χ1v) is 6.32. The molecular formula is C13H13Cl2N3. The van der Waals surface area contributed by atoms with Gasteiger partial charge in [-0.3, -0.25) is 0 Å². The summed E-state index contributed by atoms with van der Waals surface area (Å²) in [7, 11) is 0. The fourth-order valence-corrected chi connectivity index (χ4v) is 2.16. The SMILES string of the molecule is Cc1cc(NC(C)c2cccc(Cl)c2Cl)ncn1. The number of aryl methyl sites for hydroxylation is 1. The number of aromatic nitrogens is 2. The summed E-state index contributed by atoms with van der Waals surface area (Å²) in [5.74, 6) is 0.769. The number of nitrogens with zero attached hydrogens (tertiary/aromatic N) is 2. The van der Waals surface area contributed by atoms with Gasteiger partial charge >= 0.3 is 0 Å². The highest BCUT2D eigenvalue weighted by molar-refractivity contribution is 6.42. The summed E-state index contributed by atoms with van der Waals surface area (Å²) in [6.07, 6.45) is 1.53. The van der Waals surface area contributed by atoms with E-state index in [-0.39, 0.29) is 6.04 Å². The van der Waals surface area contributed by atoms with Crippen LogP contribution in [0.2, 0.25) is 10.0 Å². The van der Waals surface area contributed by atoms with Crippen molar-refractivity contribution in [3.05, 3.63) is 51.9 Å². The minimum absolute atomic E-state index is 0.0190. The van der Waals surface area contributed by atoms with Gasteiger partial charge in [0.25, 0.3) is 0 Å². The molecule has 0 aliphatic carbocycles. The monoisotopic (exact) mass is 281 g/mol. The molecule has 5 heteroatoms. The molecule has 1 atom stereocenters. The zero-order valence-electron chi connectivity index (χ0n) is 10.1. The number of benzene rings is 1. The van der Waals surface area contributed by atoms with Crippen molar-refractivity contribution < 1.29 is 0 Å². The van der Waals surface area contributed by atoms with Crippen LogP contribution in [0.25, 0.3) is 0 Å². The summed E-state index contributed by atoms with van der Waals surface area (Å²) in [6, 6.07) is 7.50. The number of halogens is 2. The largest absolute Gasteiger partial charge is 0.363 e. The van der Waals surface area contributed by atoms with Crippen molar-refractivity contribution in [2.75, 3.05) is 5.32 Å². The molecule has 94 valence electrons. The van der Waals surface area contributed by atoms with E-state index < -0.39 is 0 Å². The van der Waals surface area contributed by atoms with Gasteiger partial charge in [0, 0.05) is 11.8 Å². The third-order valence-corrected chi connectivity index (χ3v) is 3.45. The number of anilines is 1. The first kappa shape index (κ1) is 13.1. The summed E-state index contributed by atoms with van der Waals surface area (Å²) in [4.78, 5) is 8.21. The van der Waals surface area contributed by atoms with Crippen LogP contribution < -0.4 is 5.32 Å². The van der Waals surface area contributed by atoms with Gasteiger partial charge in [0.05, 0.1) is 16.1 Å². The molecule has 0 aliphatic heterocycles. The zero-order chi connectivity index (χ0) is 13.1. The van der Waals surface area contributed by atoms with Gasteiger partial charge in [0.1, 0.15) is 12.1 Å². The Labute approximate surface area is 116 Å². The van der Waals surface area contributed by atoms with Gasteiger partial charge < -0.3 is 5.32 Å². The quantitative estimate of drug-likeness (QED) is 0.913. The minimum Gasteiger partial charge on any atom is -0.363 e. The molecule has 1 unspecified atom stereocenters. The average molecular weight is 282 g/mol. The Balaban J connectivity index is 2.22. The van der Waals surface area contributed by atoms with Crippen LogP contribution in [0.1, 0.15) is 24.2 Å². The molecule has 0 spiro atoms. The van der Waals surface area contributed by atoms with Crippen LogP contribution in [0.3, 0.4) is 0 Å². The van der Waals surface area contributed by atoms with Gasteiger partial charge in [-0.15, -0.1) is 0 Å². The molecule has 3 nitrogen and oxygen atoms in total. The molecule has 0 fully saturated rings. The highest BCUT2D eigenvalue weighted by atomic mass is 35.5. The molecule has 2 rings (SSSR count). The molecule has 1 aromatic carbocycles. The third-order valence-electron chi connectivity index (χ3n) is 2.62. The van der Waals surface area contributed by atoms with E-state index in [2.05, 4.69) is 15.3 Å². The highest BCUT2D eigenvalue weighted by Gasteiger charge is 2.12. The fourth-order valence-electron chi connectivity index (χ4n) is 1.69. The van der Waals surface area contributed by atoms with Gasteiger partial charge in [-0.1, -0.05) is 35.3 Å². The Bertz CT molecular complexity index is 558. The average Bonchev–Trinajstić information content (AvgIpc) is 2.32. The first-order valence-electron chi connectivity index (χ1n) is 5.57. The lowest BCUT2D eigenvalue weighted by molar-refractivity contribution is 0.870. The lowest BCUT2D eigenvalue weighted by atomic mass is 10.1. The first-order chi connectivity index (χ1) is 8.58. The third kappa shape index (κ3) is 2.92. The molecule has 0 saturated heterocycles. The van der Waals surface area contributed by atoms with Crippen molar-refractivity contribution >= 4 is 29.0 Å². The maximum absolute atomic E-state index is 6.18. The number of rotatable bonds is 3. The molecule has 1 N–H and O–H groups in total. The molecule has 0 amide bonds. The van der Waals surface area contributed by atoms with E-state index >= 15 is 0 Å². The molecule has 0 bridgehead atoms. The Hall–Kier alpha value is -1.32. The van der Waals surface area contributed by atoms with E-state index in [1.54, 1.807) is 6.07 Å². The normalized spacial score (nSPS) is 12.2. The highest BCUT2D eigenvalue weighted by Crippen LogP contribution is 2.31. The van der Waals surface area contributed by atoms with E-state index in [9.17, 15) is 0 Å². The van der Waals surface area contributed by atoms with Gasteiger partial charge in [-0.05, 0) is 25.5 Å². The maximum atomic E-state index is 6.18. The van der Waals surface area contributed by atoms with E-state index in [4.69, 9.17) is 23.2 Å². The standard InChI is InChI=1S/C13H13Cl2N3/c1-8-6-12(17-7-16-8)18-9(2)10-4-3-5-11(14)13(10)15/h3-7,9H,1-2H3,(H,16,17,18). The summed E-state index contributed by atoms with van der Waals surface area (Å²) in [5.41, 5.74) is 1.86. The van der Waals surface area contributed by atoms with Crippen LogP contribution in [-0.4, -0.2) is 9.97 Å². The summed E-state index contributed by atoms with van der Waals surface area (Å²) in [6.45, 7) is 3.93. The Kier molecular flexibility index (Phi) is 4.04. The summed E-state index contributed by atoms with van der Waals surface area (Å²) >= 11 is 12.2. The molecule has 1 aromatic heterocycles. The Morgan fingerprint density at radius 3 is 2.72 bits per heavy atom. The molecule has 1 heterocycles. The lowest BCUT2D eigenvalue weighted by Crippen LogP contribution is -2.09. The number of nitrogens with one attached hydrogen (secondary N) is 1. The second-order valence-corrected chi connectivity index (χ2v) is 4.84. The number of hydrogen-bond donors (Lipinski definition) is 1. The number of hydrogen-bond acceptors (Lipinski definition) is 3. The minimum atomic E-state index is 0.0190. The van der Waals surface area contributed by atoms with Gasteiger partial charge in [-0.25, -0.2) is 9.97 Å². The van der Waals surface area contributed by atoms with Crippen molar-refractivity contribution in [1.82, 2.24) is 9.97 Å². The zero-order valence-corrected chi connectivity index (χ0v) is 11.6. The van der Waals surface area contributed by atoms with Crippen LogP contribution in [0, 0.1) is 6.92 Å². The second-order valence-electron chi connectivity index (χ2n) is 4.05. The molecule has 18 heavy (non-hydrogen) atoms.